The number of nitrogens with two attached hydrogens (primary N) is 1. The van der Waals surface area contributed by atoms with Gasteiger partial charge in [0.1, 0.15) is 17.5 Å². The van der Waals surface area contributed by atoms with E-state index in [1.807, 2.05) is 54.6 Å². The monoisotopic (exact) mass is 421 g/mol. The summed E-state index contributed by atoms with van der Waals surface area (Å²) in [6.45, 7) is 1.30. The summed E-state index contributed by atoms with van der Waals surface area (Å²) in [5, 5.41) is 21.3. The molecule has 0 bridgehead atoms. The molecule has 0 aliphatic carbocycles. The zero-order valence-corrected chi connectivity index (χ0v) is 17.5. The number of nitriles is 1. The van der Waals surface area contributed by atoms with Crippen molar-refractivity contribution in [3.05, 3.63) is 76.4 Å². The molecule has 0 saturated heterocycles. The molecule has 1 heterocycles. The minimum Gasteiger partial charge on any atom is -0.382 e. The average Bonchev–Trinajstić information content (AvgIpc) is 3.09. The molecule has 0 unspecified atom stereocenters. The van der Waals surface area contributed by atoms with Crippen molar-refractivity contribution in [3.8, 4) is 11.8 Å². The zero-order valence-electron chi connectivity index (χ0n) is 16.8. The Kier molecular flexibility index (Phi) is 7.30. The van der Waals surface area contributed by atoms with Crippen LogP contribution in [0.2, 0.25) is 5.02 Å². The molecule has 30 heavy (non-hydrogen) atoms. The van der Waals surface area contributed by atoms with Crippen LogP contribution in [0.25, 0.3) is 5.69 Å². The number of benzene rings is 2. The van der Waals surface area contributed by atoms with Crippen molar-refractivity contribution in [1.29, 1.82) is 5.26 Å². The molecule has 0 atom stereocenters. The van der Waals surface area contributed by atoms with Gasteiger partial charge in [-0.1, -0.05) is 41.9 Å². The maximum absolute atomic E-state index is 9.50. The third-order valence-electron chi connectivity index (χ3n) is 4.56. The maximum Gasteiger partial charge on any atom is 0.191 e. The number of para-hydroxylation sites is 1. The fourth-order valence-corrected chi connectivity index (χ4v) is 3.27. The van der Waals surface area contributed by atoms with E-state index < -0.39 is 0 Å². The van der Waals surface area contributed by atoms with E-state index in [9.17, 15) is 5.26 Å². The van der Waals surface area contributed by atoms with Crippen molar-refractivity contribution in [2.75, 3.05) is 19.3 Å². The largest absolute Gasteiger partial charge is 0.382 e. The molecule has 0 fully saturated rings. The Hall–Kier alpha value is -3.50. The van der Waals surface area contributed by atoms with Gasteiger partial charge in [0.2, 0.25) is 0 Å². The molecule has 0 saturated carbocycles. The first-order valence-electron chi connectivity index (χ1n) is 9.64. The van der Waals surface area contributed by atoms with E-state index >= 15 is 0 Å². The molecule has 4 N–H and O–H groups in total. The van der Waals surface area contributed by atoms with Crippen LogP contribution < -0.4 is 16.4 Å². The summed E-state index contributed by atoms with van der Waals surface area (Å²) < 4.78 is 1.62. The van der Waals surface area contributed by atoms with Crippen molar-refractivity contribution in [1.82, 2.24) is 20.4 Å². The Morgan fingerprint density at radius 1 is 1.20 bits per heavy atom. The smallest absolute Gasteiger partial charge is 0.191 e. The maximum atomic E-state index is 9.50. The molecule has 0 radical (unpaired) electrons. The number of hydrogen-bond donors (Lipinski definition) is 3. The van der Waals surface area contributed by atoms with E-state index in [4.69, 9.17) is 17.3 Å². The highest BCUT2D eigenvalue weighted by molar-refractivity contribution is 6.30. The summed E-state index contributed by atoms with van der Waals surface area (Å²) in [6, 6.07) is 19.4. The van der Waals surface area contributed by atoms with Gasteiger partial charge in [0.15, 0.2) is 5.96 Å². The number of anilines is 1. The number of nitrogens with one attached hydrogen (secondary N) is 2. The van der Waals surface area contributed by atoms with Crippen LogP contribution in [0, 0.1) is 11.3 Å². The molecule has 1 aromatic heterocycles. The van der Waals surface area contributed by atoms with Crippen molar-refractivity contribution >= 4 is 23.4 Å². The number of aryl methyl sites for hydroxylation is 1. The SMILES string of the molecule is CN=C(NCCCc1nn(-c2ccccc2)c(N)c1C#N)NCc1cccc(Cl)c1. The Morgan fingerprint density at radius 2 is 2.00 bits per heavy atom. The normalized spacial score (nSPS) is 11.2. The number of nitrogens with zero attached hydrogens (tertiary/aromatic N) is 4. The molecule has 7 nitrogen and oxygen atoms in total. The van der Waals surface area contributed by atoms with Crippen LogP contribution in [0.5, 0.6) is 0 Å². The zero-order chi connectivity index (χ0) is 21.3. The van der Waals surface area contributed by atoms with Gasteiger partial charge in [-0.25, -0.2) is 4.68 Å². The molecular formula is C22H24ClN7. The quantitative estimate of drug-likeness (QED) is 0.308. The van der Waals surface area contributed by atoms with Crippen LogP contribution in [-0.2, 0) is 13.0 Å². The highest BCUT2D eigenvalue weighted by Crippen LogP contribution is 2.21. The highest BCUT2D eigenvalue weighted by Gasteiger charge is 2.16. The second-order valence-corrected chi connectivity index (χ2v) is 7.09. The first-order valence-corrected chi connectivity index (χ1v) is 10.0. The Morgan fingerprint density at radius 3 is 2.70 bits per heavy atom. The summed E-state index contributed by atoms with van der Waals surface area (Å²) in [5.74, 6) is 1.07. The molecule has 3 aromatic rings. The lowest BCUT2D eigenvalue weighted by Gasteiger charge is -2.12. The van der Waals surface area contributed by atoms with Crippen LogP contribution in [0.15, 0.2) is 59.6 Å². The molecule has 0 aliphatic heterocycles. The van der Waals surface area contributed by atoms with Crippen molar-refractivity contribution in [2.45, 2.75) is 19.4 Å². The van der Waals surface area contributed by atoms with E-state index in [2.05, 4.69) is 26.8 Å². The number of aliphatic imine (C=N–C) groups is 1. The Labute approximate surface area is 181 Å². The summed E-state index contributed by atoms with van der Waals surface area (Å²) in [7, 11) is 1.73. The predicted octanol–water partition coefficient (Wildman–Crippen LogP) is 3.28. The van der Waals surface area contributed by atoms with E-state index in [0.29, 0.717) is 47.6 Å². The van der Waals surface area contributed by atoms with Crippen LogP contribution in [0.3, 0.4) is 0 Å². The second-order valence-electron chi connectivity index (χ2n) is 6.65. The number of nitrogen functional groups attached to an aromatic ring is 1. The molecule has 0 amide bonds. The predicted molar refractivity (Wildman–Crippen MR) is 121 cm³/mol. The number of aromatic nitrogens is 2. The summed E-state index contributed by atoms with van der Waals surface area (Å²) in [5.41, 5.74) is 9.19. The third kappa shape index (κ3) is 5.31. The van der Waals surface area contributed by atoms with Crippen LogP contribution in [0.1, 0.15) is 23.2 Å². The van der Waals surface area contributed by atoms with E-state index in [1.165, 1.54) is 0 Å². The Bertz CT molecular complexity index is 1050. The second kappa shape index (κ2) is 10.3. The lowest BCUT2D eigenvalue weighted by atomic mass is 10.1. The molecule has 0 spiro atoms. The summed E-state index contributed by atoms with van der Waals surface area (Å²) in [4.78, 5) is 4.23. The molecular weight excluding hydrogens is 398 g/mol. The van der Waals surface area contributed by atoms with E-state index in [0.717, 1.165) is 17.7 Å². The molecule has 0 aliphatic rings. The molecule has 154 valence electrons. The highest BCUT2D eigenvalue weighted by atomic mass is 35.5. The number of guanidine groups is 1. The van der Waals surface area contributed by atoms with Crippen molar-refractivity contribution < 1.29 is 0 Å². The van der Waals surface area contributed by atoms with Gasteiger partial charge in [0.25, 0.3) is 0 Å². The molecule has 2 aromatic carbocycles. The van der Waals surface area contributed by atoms with Gasteiger partial charge in [-0.2, -0.15) is 10.4 Å². The number of hydrogen-bond acceptors (Lipinski definition) is 4. The van der Waals surface area contributed by atoms with E-state index in [-0.39, 0.29) is 0 Å². The summed E-state index contributed by atoms with van der Waals surface area (Å²) >= 11 is 6.02. The minimum absolute atomic E-state index is 0.366. The van der Waals surface area contributed by atoms with Crippen molar-refractivity contribution in [2.24, 2.45) is 4.99 Å². The van der Waals surface area contributed by atoms with Gasteiger partial charge in [-0.15, -0.1) is 0 Å². The van der Waals surface area contributed by atoms with Crippen LogP contribution in [-0.4, -0.2) is 29.3 Å². The van der Waals surface area contributed by atoms with E-state index in [1.54, 1.807) is 11.7 Å². The van der Waals surface area contributed by atoms with Gasteiger partial charge in [-0.05, 0) is 42.7 Å². The van der Waals surface area contributed by atoms with Gasteiger partial charge in [0.05, 0.1) is 11.4 Å². The topological polar surface area (TPSA) is 104 Å². The fourth-order valence-electron chi connectivity index (χ4n) is 3.06. The lowest BCUT2D eigenvalue weighted by Crippen LogP contribution is -2.37. The lowest BCUT2D eigenvalue weighted by molar-refractivity contribution is 0.722. The van der Waals surface area contributed by atoms with Gasteiger partial charge >= 0.3 is 0 Å². The standard InChI is InChI=1S/C22H24ClN7/c1-26-22(28-15-16-7-5-8-17(23)13-16)27-12-6-11-20-19(14-24)21(25)30(29-20)18-9-3-2-4-10-18/h2-5,7-10,13H,6,11-12,15,25H2,1H3,(H2,26,27,28). The minimum atomic E-state index is 0.366. The van der Waals surface area contributed by atoms with Crippen LogP contribution >= 0.6 is 11.6 Å². The first kappa shape index (κ1) is 21.2. The average molecular weight is 422 g/mol. The summed E-state index contributed by atoms with van der Waals surface area (Å²) in [6.07, 6.45) is 1.41. The van der Waals surface area contributed by atoms with Gasteiger partial charge in [0, 0.05) is 25.2 Å². The first-order chi connectivity index (χ1) is 14.6. The van der Waals surface area contributed by atoms with Gasteiger partial charge < -0.3 is 16.4 Å². The third-order valence-corrected chi connectivity index (χ3v) is 4.80. The molecule has 3 rings (SSSR count). The van der Waals surface area contributed by atoms with Crippen LogP contribution in [0.4, 0.5) is 5.82 Å². The number of rotatable bonds is 7. The number of halogens is 1. The van der Waals surface area contributed by atoms with Crippen molar-refractivity contribution in [3.63, 3.8) is 0 Å². The Balaban J connectivity index is 1.54. The molecule has 8 heteroatoms. The fraction of sp³-hybridized carbons (Fsp3) is 0.227. The van der Waals surface area contributed by atoms with Gasteiger partial charge in [-0.3, -0.25) is 4.99 Å².